The summed E-state index contributed by atoms with van der Waals surface area (Å²) >= 11 is 0. The standard InChI is InChI=1S/C24H36FN3O2/c1-2-3-14-26-24(30)20-12-15-28(16-13-20)17-22(29)27-23(18-6-4-5-7-18)19-8-10-21(25)11-9-19/h8-11,18,20,23H,2-7,12-17H2,1H3,(H,26,30)(H,27,29). The Bertz CT molecular complexity index is 680. The zero-order valence-electron chi connectivity index (χ0n) is 18.2. The van der Waals surface area contributed by atoms with E-state index in [2.05, 4.69) is 22.5 Å². The van der Waals surface area contributed by atoms with E-state index in [0.717, 1.165) is 63.7 Å². The highest BCUT2D eigenvalue weighted by molar-refractivity contribution is 5.79. The molecule has 0 spiro atoms. The van der Waals surface area contributed by atoms with Crippen LogP contribution >= 0.6 is 0 Å². The molecule has 0 bridgehead atoms. The molecule has 30 heavy (non-hydrogen) atoms. The van der Waals surface area contributed by atoms with Crippen LogP contribution in [0.1, 0.15) is 69.9 Å². The molecule has 1 atom stereocenters. The highest BCUT2D eigenvalue weighted by Gasteiger charge is 2.29. The molecule has 6 heteroatoms. The number of unbranched alkanes of at least 4 members (excludes halogenated alkanes) is 1. The number of carbonyl (C=O) groups excluding carboxylic acids is 2. The second kappa shape index (κ2) is 11.4. The van der Waals surface area contributed by atoms with E-state index in [9.17, 15) is 14.0 Å². The van der Waals surface area contributed by atoms with Crippen LogP contribution in [0.2, 0.25) is 0 Å². The molecule has 1 unspecified atom stereocenters. The number of nitrogens with one attached hydrogen (secondary N) is 2. The fraction of sp³-hybridized carbons (Fsp3) is 0.667. The van der Waals surface area contributed by atoms with Crippen molar-refractivity contribution in [2.75, 3.05) is 26.2 Å². The fourth-order valence-corrected chi connectivity index (χ4v) is 4.74. The number of rotatable bonds is 9. The Morgan fingerprint density at radius 2 is 1.77 bits per heavy atom. The van der Waals surface area contributed by atoms with E-state index in [1.165, 1.54) is 25.0 Å². The van der Waals surface area contributed by atoms with Gasteiger partial charge in [0.2, 0.25) is 11.8 Å². The highest BCUT2D eigenvalue weighted by atomic mass is 19.1. The molecule has 166 valence electrons. The number of likely N-dealkylation sites (tertiary alicyclic amines) is 1. The van der Waals surface area contributed by atoms with Gasteiger partial charge in [-0.05, 0) is 68.8 Å². The predicted molar refractivity (Wildman–Crippen MR) is 116 cm³/mol. The number of hydrogen-bond donors (Lipinski definition) is 2. The van der Waals surface area contributed by atoms with Crippen molar-refractivity contribution in [2.24, 2.45) is 11.8 Å². The van der Waals surface area contributed by atoms with Gasteiger partial charge in [0.05, 0.1) is 12.6 Å². The summed E-state index contributed by atoms with van der Waals surface area (Å²) in [6.07, 6.45) is 8.26. The van der Waals surface area contributed by atoms with Gasteiger partial charge in [0.15, 0.2) is 0 Å². The van der Waals surface area contributed by atoms with Gasteiger partial charge in [0, 0.05) is 12.5 Å². The van der Waals surface area contributed by atoms with Crippen LogP contribution in [-0.4, -0.2) is 42.9 Å². The van der Waals surface area contributed by atoms with Gasteiger partial charge in [-0.1, -0.05) is 38.3 Å². The molecule has 1 saturated carbocycles. The van der Waals surface area contributed by atoms with Crippen molar-refractivity contribution in [1.82, 2.24) is 15.5 Å². The number of piperidine rings is 1. The summed E-state index contributed by atoms with van der Waals surface area (Å²) in [6.45, 7) is 4.76. The highest BCUT2D eigenvalue weighted by Crippen LogP contribution is 2.35. The first-order valence-electron chi connectivity index (χ1n) is 11.6. The van der Waals surface area contributed by atoms with Crippen LogP contribution in [-0.2, 0) is 9.59 Å². The normalized spacial score (nSPS) is 19.5. The Labute approximate surface area is 179 Å². The first kappa shape index (κ1) is 22.7. The molecule has 1 aromatic carbocycles. The summed E-state index contributed by atoms with van der Waals surface area (Å²) in [5.74, 6) is 0.396. The Morgan fingerprint density at radius 1 is 1.10 bits per heavy atom. The lowest BCUT2D eigenvalue weighted by Gasteiger charge is -2.32. The monoisotopic (exact) mass is 417 g/mol. The number of nitrogens with zero attached hydrogens (tertiary/aromatic N) is 1. The van der Waals surface area contributed by atoms with E-state index in [4.69, 9.17) is 0 Å². The van der Waals surface area contributed by atoms with E-state index in [0.29, 0.717) is 12.5 Å². The van der Waals surface area contributed by atoms with Crippen LogP contribution in [0.4, 0.5) is 4.39 Å². The second-order valence-electron chi connectivity index (χ2n) is 8.84. The molecule has 1 heterocycles. The number of hydrogen-bond acceptors (Lipinski definition) is 3. The van der Waals surface area contributed by atoms with E-state index in [1.807, 2.05) is 0 Å². The average Bonchev–Trinajstić information content (AvgIpc) is 3.28. The van der Waals surface area contributed by atoms with Crippen molar-refractivity contribution >= 4 is 11.8 Å². The summed E-state index contributed by atoms with van der Waals surface area (Å²) in [5.41, 5.74) is 0.985. The minimum Gasteiger partial charge on any atom is -0.356 e. The first-order chi connectivity index (χ1) is 14.6. The van der Waals surface area contributed by atoms with Crippen molar-refractivity contribution < 1.29 is 14.0 Å². The quantitative estimate of drug-likeness (QED) is 0.601. The third-order valence-corrected chi connectivity index (χ3v) is 6.57. The number of halogens is 1. The molecule has 1 aromatic rings. The Hall–Kier alpha value is -1.95. The molecular weight excluding hydrogens is 381 g/mol. The van der Waals surface area contributed by atoms with Gasteiger partial charge in [-0.2, -0.15) is 0 Å². The van der Waals surface area contributed by atoms with Gasteiger partial charge >= 0.3 is 0 Å². The van der Waals surface area contributed by atoms with Crippen molar-refractivity contribution in [3.05, 3.63) is 35.6 Å². The maximum Gasteiger partial charge on any atom is 0.234 e. The largest absolute Gasteiger partial charge is 0.356 e. The summed E-state index contributed by atoms with van der Waals surface area (Å²) < 4.78 is 13.4. The molecule has 1 saturated heterocycles. The molecule has 2 N–H and O–H groups in total. The lowest BCUT2D eigenvalue weighted by molar-refractivity contribution is -0.127. The third-order valence-electron chi connectivity index (χ3n) is 6.57. The molecular formula is C24H36FN3O2. The molecule has 2 amide bonds. The zero-order valence-corrected chi connectivity index (χ0v) is 18.2. The smallest absolute Gasteiger partial charge is 0.234 e. The molecule has 5 nitrogen and oxygen atoms in total. The minimum atomic E-state index is -0.253. The fourth-order valence-electron chi connectivity index (χ4n) is 4.74. The third kappa shape index (κ3) is 6.53. The average molecular weight is 418 g/mol. The van der Waals surface area contributed by atoms with Gasteiger partial charge in [-0.25, -0.2) is 4.39 Å². The van der Waals surface area contributed by atoms with Gasteiger partial charge in [0.25, 0.3) is 0 Å². The van der Waals surface area contributed by atoms with Crippen LogP contribution in [0.3, 0.4) is 0 Å². The van der Waals surface area contributed by atoms with E-state index in [1.54, 1.807) is 12.1 Å². The molecule has 1 aliphatic heterocycles. The van der Waals surface area contributed by atoms with Crippen molar-refractivity contribution in [2.45, 2.75) is 64.3 Å². The van der Waals surface area contributed by atoms with Crippen molar-refractivity contribution in [3.63, 3.8) is 0 Å². The molecule has 0 aromatic heterocycles. The van der Waals surface area contributed by atoms with E-state index >= 15 is 0 Å². The van der Waals surface area contributed by atoms with Crippen molar-refractivity contribution in [3.8, 4) is 0 Å². The minimum absolute atomic E-state index is 0.0158. The Balaban J connectivity index is 1.49. The van der Waals surface area contributed by atoms with Crippen LogP contribution in [0.25, 0.3) is 0 Å². The van der Waals surface area contributed by atoms with Crippen LogP contribution in [0.5, 0.6) is 0 Å². The van der Waals surface area contributed by atoms with Gasteiger partial charge in [-0.3, -0.25) is 14.5 Å². The van der Waals surface area contributed by atoms with E-state index < -0.39 is 0 Å². The van der Waals surface area contributed by atoms with Gasteiger partial charge in [0.1, 0.15) is 5.82 Å². The lowest BCUT2D eigenvalue weighted by atomic mass is 9.91. The van der Waals surface area contributed by atoms with Gasteiger partial charge < -0.3 is 10.6 Å². The summed E-state index contributed by atoms with van der Waals surface area (Å²) in [6, 6.07) is 6.48. The molecule has 2 fully saturated rings. The Kier molecular flexibility index (Phi) is 8.67. The summed E-state index contributed by atoms with van der Waals surface area (Å²) in [5, 5.41) is 6.25. The number of benzene rings is 1. The number of carbonyl (C=O) groups is 2. The second-order valence-corrected chi connectivity index (χ2v) is 8.84. The summed E-state index contributed by atoms with van der Waals surface area (Å²) in [7, 11) is 0. The first-order valence-corrected chi connectivity index (χ1v) is 11.6. The molecule has 3 rings (SSSR count). The topological polar surface area (TPSA) is 61.4 Å². The molecule has 2 aliphatic rings. The van der Waals surface area contributed by atoms with Crippen LogP contribution in [0, 0.1) is 17.7 Å². The SMILES string of the molecule is CCCCNC(=O)C1CCN(CC(=O)NC(c2ccc(F)cc2)C2CCCC2)CC1. The maximum absolute atomic E-state index is 13.4. The number of amides is 2. The zero-order chi connectivity index (χ0) is 21.3. The van der Waals surface area contributed by atoms with Crippen LogP contribution < -0.4 is 10.6 Å². The Morgan fingerprint density at radius 3 is 2.40 bits per heavy atom. The van der Waals surface area contributed by atoms with Crippen molar-refractivity contribution in [1.29, 1.82) is 0 Å². The predicted octanol–water partition coefficient (Wildman–Crippen LogP) is 3.80. The van der Waals surface area contributed by atoms with Gasteiger partial charge in [-0.15, -0.1) is 0 Å². The lowest BCUT2D eigenvalue weighted by Crippen LogP contribution is -2.45. The summed E-state index contributed by atoms with van der Waals surface area (Å²) in [4.78, 5) is 27.2. The molecule has 1 aliphatic carbocycles. The molecule has 0 radical (unpaired) electrons. The van der Waals surface area contributed by atoms with Crippen LogP contribution in [0.15, 0.2) is 24.3 Å². The maximum atomic E-state index is 13.4. The van der Waals surface area contributed by atoms with E-state index in [-0.39, 0.29) is 29.6 Å².